The van der Waals surface area contributed by atoms with Gasteiger partial charge in [-0.3, -0.25) is 0 Å². The van der Waals surface area contributed by atoms with Crippen LogP contribution in [0.5, 0.6) is 0 Å². The highest BCUT2D eigenvalue weighted by Gasteiger charge is 2.63. The molecule has 0 aromatic heterocycles. The van der Waals surface area contributed by atoms with Crippen molar-refractivity contribution in [3.8, 4) is 0 Å². The number of aliphatic hydroxyl groups is 6. The van der Waals surface area contributed by atoms with Gasteiger partial charge in [-0.15, -0.1) is 4.91 Å². The van der Waals surface area contributed by atoms with Gasteiger partial charge >= 0.3 is 11.7 Å². The van der Waals surface area contributed by atoms with Gasteiger partial charge in [-0.1, -0.05) is 30.3 Å². The fourth-order valence-electron chi connectivity index (χ4n) is 1.34. The number of rotatable bonds is 5. The molecule has 18 heavy (non-hydrogen) atoms. The van der Waals surface area contributed by atoms with Crippen LogP contribution in [0.1, 0.15) is 5.56 Å². The second kappa shape index (κ2) is 4.69. The fourth-order valence-corrected chi connectivity index (χ4v) is 1.34. The molecular weight excluding hydrogens is 246 g/mol. The fraction of sp³-hybridized carbons (Fsp3) is 0.400. The minimum atomic E-state index is -3.97. The quantitative estimate of drug-likeness (QED) is 0.264. The van der Waals surface area contributed by atoms with Crippen LogP contribution in [0.15, 0.2) is 35.5 Å². The van der Waals surface area contributed by atoms with Gasteiger partial charge < -0.3 is 30.6 Å². The molecule has 0 unspecified atom stereocenters. The average molecular weight is 259 g/mol. The van der Waals surface area contributed by atoms with Crippen molar-refractivity contribution in [1.29, 1.82) is 0 Å². The molecule has 100 valence electrons. The van der Waals surface area contributed by atoms with E-state index in [2.05, 4.69) is 0 Å². The van der Waals surface area contributed by atoms with E-state index in [1.807, 2.05) is 0 Å². The van der Waals surface area contributed by atoms with E-state index in [4.69, 9.17) is 10.2 Å². The van der Waals surface area contributed by atoms with E-state index in [1.165, 1.54) is 12.1 Å². The van der Waals surface area contributed by atoms with Crippen molar-refractivity contribution in [1.82, 2.24) is 0 Å². The van der Waals surface area contributed by atoms with Crippen LogP contribution in [-0.4, -0.2) is 48.1 Å². The van der Waals surface area contributed by atoms with Crippen LogP contribution >= 0.6 is 0 Å². The second-order valence-electron chi connectivity index (χ2n) is 3.88. The van der Waals surface area contributed by atoms with E-state index in [-0.39, 0.29) is 5.56 Å². The molecule has 0 bridgehead atoms. The van der Waals surface area contributed by atoms with Crippen LogP contribution in [0.25, 0.3) is 0 Å². The standard InChI is InChI=1S/C10H13NO7/c12-8(13,6-7-4-2-1-3-5-7)9(14,15)10(16,17)11-18/h1-5,12-17H,6H2. The van der Waals surface area contributed by atoms with Gasteiger partial charge in [-0.2, -0.15) is 0 Å². The molecule has 0 spiro atoms. The van der Waals surface area contributed by atoms with Crippen molar-refractivity contribution in [2.75, 3.05) is 0 Å². The van der Waals surface area contributed by atoms with Crippen LogP contribution in [0, 0.1) is 4.91 Å². The zero-order valence-corrected chi connectivity index (χ0v) is 9.13. The first-order valence-corrected chi connectivity index (χ1v) is 4.87. The van der Waals surface area contributed by atoms with Crippen molar-refractivity contribution in [3.63, 3.8) is 0 Å². The van der Waals surface area contributed by atoms with Crippen LogP contribution < -0.4 is 0 Å². The minimum absolute atomic E-state index is 0.261. The first-order chi connectivity index (χ1) is 8.14. The molecular formula is C10H13NO7. The van der Waals surface area contributed by atoms with E-state index < -0.39 is 23.9 Å². The maximum Gasteiger partial charge on any atom is 0.364 e. The Bertz CT molecular complexity index is 415. The molecule has 1 rings (SSSR count). The lowest BCUT2D eigenvalue weighted by Gasteiger charge is -2.38. The maximum atomic E-state index is 10.1. The molecule has 0 aliphatic rings. The molecule has 0 fully saturated rings. The Hall–Kier alpha value is -1.42. The number of nitrogens with zero attached hydrogens (tertiary/aromatic N) is 1. The van der Waals surface area contributed by atoms with Crippen LogP contribution in [-0.2, 0) is 6.42 Å². The Kier molecular flexibility index (Phi) is 3.81. The number of hydrogen-bond donors (Lipinski definition) is 6. The first-order valence-electron chi connectivity index (χ1n) is 4.87. The number of hydrogen-bond acceptors (Lipinski definition) is 8. The summed E-state index contributed by atoms with van der Waals surface area (Å²) in [6.07, 6.45) is -0.765. The van der Waals surface area contributed by atoms with Gasteiger partial charge in [0.1, 0.15) is 0 Å². The molecule has 1 aromatic carbocycles. The van der Waals surface area contributed by atoms with Gasteiger partial charge in [0.25, 0.3) is 0 Å². The monoisotopic (exact) mass is 259 g/mol. The SMILES string of the molecule is O=NC(O)(O)C(O)(O)C(O)(O)Cc1ccccc1. The molecule has 8 nitrogen and oxygen atoms in total. The average Bonchev–Trinajstić information content (AvgIpc) is 2.29. The van der Waals surface area contributed by atoms with Gasteiger partial charge in [-0.25, -0.2) is 0 Å². The highest BCUT2D eigenvalue weighted by molar-refractivity contribution is 5.17. The molecule has 6 N–H and O–H groups in total. The Morgan fingerprint density at radius 3 is 1.89 bits per heavy atom. The van der Waals surface area contributed by atoms with Crippen molar-refractivity contribution in [2.45, 2.75) is 23.9 Å². The van der Waals surface area contributed by atoms with Crippen LogP contribution in [0.3, 0.4) is 0 Å². The third kappa shape index (κ3) is 2.53. The van der Waals surface area contributed by atoms with Crippen molar-refractivity contribution in [3.05, 3.63) is 40.8 Å². The maximum absolute atomic E-state index is 10.1. The molecule has 0 radical (unpaired) electrons. The molecule has 0 amide bonds. The topological polar surface area (TPSA) is 151 Å². The van der Waals surface area contributed by atoms with Gasteiger partial charge in [-0.05, 0) is 5.56 Å². The Balaban J connectivity index is 3.03. The van der Waals surface area contributed by atoms with Crippen molar-refractivity contribution < 1.29 is 30.6 Å². The summed E-state index contributed by atoms with van der Waals surface area (Å²) in [7, 11) is 0. The van der Waals surface area contributed by atoms with E-state index in [0.29, 0.717) is 0 Å². The lowest BCUT2D eigenvalue weighted by atomic mass is 9.95. The van der Waals surface area contributed by atoms with Gasteiger partial charge in [0.15, 0.2) is 0 Å². The normalized spacial score (nSPS) is 13.4. The smallest absolute Gasteiger partial charge is 0.361 e. The largest absolute Gasteiger partial charge is 0.364 e. The summed E-state index contributed by atoms with van der Waals surface area (Å²) in [5.41, 5.74) is 0.261. The molecule has 8 heteroatoms. The summed E-state index contributed by atoms with van der Waals surface area (Å²) in [5.74, 6) is -11.3. The predicted molar refractivity (Wildman–Crippen MR) is 57.4 cm³/mol. The Labute approximate surface area is 101 Å². The summed E-state index contributed by atoms with van der Waals surface area (Å²) >= 11 is 0. The molecule has 0 saturated heterocycles. The summed E-state index contributed by atoms with van der Waals surface area (Å²) in [5, 5.41) is 57.1. The summed E-state index contributed by atoms with van der Waals surface area (Å²) in [6, 6.07) is 7.60. The molecule has 0 atom stereocenters. The summed E-state index contributed by atoms with van der Waals surface area (Å²) in [6.45, 7) is 0. The van der Waals surface area contributed by atoms with Gasteiger partial charge in [0, 0.05) is 11.6 Å². The molecule has 0 aliphatic heterocycles. The Morgan fingerprint density at radius 1 is 0.944 bits per heavy atom. The molecule has 1 aromatic rings. The van der Waals surface area contributed by atoms with E-state index in [9.17, 15) is 25.3 Å². The zero-order chi connectivity index (χ0) is 14.0. The van der Waals surface area contributed by atoms with E-state index in [0.717, 1.165) is 0 Å². The summed E-state index contributed by atoms with van der Waals surface area (Å²) < 4.78 is 0. The third-order valence-corrected chi connectivity index (χ3v) is 2.45. The number of nitroso groups, excluding NO2 is 1. The predicted octanol–water partition coefficient (Wildman–Crippen LogP) is -2.00. The number of benzene rings is 1. The second-order valence-corrected chi connectivity index (χ2v) is 3.88. The van der Waals surface area contributed by atoms with E-state index >= 15 is 0 Å². The molecule has 0 heterocycles. The molecule has 0 aliphatic carbocycles. The van der Waals surface area contributed by atoms with Gasteiger partial charge in [0.2, 0.25) is 5.79 Å². The highest BCUT2D eigenvalue weighted by atomic mass is 16.7. The zero-order valence-electron chi connectivity index (χ0n) is 9.13. The van der Waals surface area contributed by atoms with Crippen LogP contribution in [0.4, 0.5) is 0 Å². The lowest BCUT2D eigenvalue weighted by Crippen LogP contribution is -2.68. The van der Waals surface area contributed by atoms with E-state index in [1.54, 1.807) is 23.4 Å². The van der Waals surface area contributed by atoms with Crippen molar-refractivity contribution in [2.24, 2.45) is 5.18 Å². The van der Waals surface area contributed by atoms with Crippen molar-refractivity contribution >= 4 is 0 Å². The van der Waals surface area contributed by atoms with Crippen LogP contribution in [0.2, 0.25) is 0 Å². The third-order valence-electron chi connectivity index (χ3n) is 2.45. The lowest BCUT2D eigenvalue weighted by molar-refractivity contribution is -0.449. The summed E-state index contributed by atoms with van der Waals surface area (Å²) in [4.78, 5) is 10.1. The molecule has 0 saturated carbocycles. The minimum Gasteiger partial charge on any atom is -0.361 e. The highest BCUT2D eigenvalue weighted by Crippen LogP contribution is 2.31. The van der Waals surface area contributed by atoms with Gasteiger partial charge in [0.05, 0.1) is 0 Å². The Morgan fingerprint density at radius 2 is 1.44 bits per heavy atom. The first kappa shape index (κ1) is 14.6.